The Hall–Kier alpha value is -1.52. The number of rotatable bonds is 0. The summed E-state index contributed by atoms with van der Waals surface area (Å²) in [6.07, 6.45) is 3.60. The van der Waals surface area contributed by atoms with Gasteiger partial charge in [-0.3, -0.25) is 0 Å². The van der Waals surface area contributed by atoms with Crippen LogP contribution in [0, 0.1) is 0 Å². The molecule has 0 saturated carbocycles. The number of nitrogens with one attached hydrogen (secondary N) is 1. The van der Waals surface area contributed by atoms with Crippen LogP contribution in [-0.4, -0.2) is 34.1 Å². The second kappa shape index (κ2) is 3.08. The van der Waals surface area contributed by atoms with E-state index in [1.165, 1.54) is 0 Å². The molecular formula is C8H12N4O. The molecular weight excluding hydrogens is 168 g/mol. The van der Waals surface area contributed by atoms with Crippen LogP contribution in [0.2, 0.25) is 0 Å². The predicted octanol–water partition coefficient (Wildman–Crippen LogP) is 0.0381. The Kier molecular flexibility index (Phi) is 1.92. The maximum atomic E-state index is 11.3. The smallest absolute Gasteiger partial charge is 0.317 e. The minimum Gasteiger partial charge on any atom is -0.341 e. The maximum absolute atomic E-state index is 11.3. The number of hydrogen-bond donors (Lipinski definition) is 1. The third-order valence-corrected chi connectivity index (χ3v) is 2.26. The summed E-state index contributed by atoms with van der Waals surface area (Å²) >= 11 is 0. The van der Waals surface area contributed by atoms with Gasteiger partial charge in [-0.25, -0.2) is 9.78 Å². The lowest BCUT2D eigenvalue weighted by Crippen LogP contribution is -2.42. The Labute approximate surface area is 76.4 Å². The van der Waals surface area contributed by atoms with Crippen LogP contribution in [-0.2, 0) is 13.1 Å². The molecule has 5 heteroatoms. The zero-order valence-electron chi connectivity index (χ0n) is 7.53. The van der Waals surface area contributed by atoms with Crippen molar-refractivity contribution in [3.63, 3.8) is 0 Å². The minimum absolute atomic E-state index is 0.0209. The number of aromatic nitrogens is 2. The summed E-state index contributed by atoms with van der Waals surface area (Å²) in [5, 5.41) is 2.62. The second-order valence-electron chi connectivity index (χ2n) is 3.06. The molecule has 1 aromatic heterocycles. The number of hydrogen-bond acceptors (Lipinski definition) is 2. The van der Waals surface area contributed by atoms with Crippen molar-refractivity contribution in [1.29, 1.82) is 0 Å². The van der Waals surface area contributed by atoms with E-state index in [0.29, 0.717) is 6.54 Å². The van der Waals surface area contributed by atoms with Crippen molar-refractivity contribution in [1.82, 2.24) is 19.8 Å². The Morgan fingerprint density at radius 3 is 3.23 bits per heavy atom. The van der Waals surface area contributed by atoms with Crippen molar-refractivity contribution in [2.45, 2.75) is 13.1 Å². The molecule has 2 amide bonds. The third-order valence-electron chi connectivity index (χ3n) is 2.26. The Bertz CT molecular complexity index is 320. The fourth-order valence-electron chi connectivity index (χ4n) is 1.52. The number of imidazole rings is 1. The first-order valence-electron chi connectivity index (χ1n) is 4.27. The lowest BCUT2D eigenvalue weighted by molar-refractivity contribution is 0.186. The van der Waals surface area contributed by atoms with Gasteiger partial charge in [0.15, 0.2) is 0 Å². The van der Waals surface area contributed by atoms with Crippen LogP contribution in [0.15, 0.2) is 12.5 Å². The van der Waals surface area contributed by atoms with Gasteiger partial charge in [0.05, 0.1) is 18.6 Å². The van der Waals surface area contributed by atoms with Gasteiger partial charge >= 0.3 is 6.03 Å². The normalized spacial score (nSPS) is 15.3. The van der Waals surface area contributed by atoms with Crippen molar-refractivity contribution >= 4 is 6.03 Å². The minimum atomic E-state index is -0.0209. The standard InChI is InChI=1S/C8H12N4O/c1-9-8(13)11-2-3-12-6-10-4-7(12)5-11/h4,6H,2-3,5H2,1H3,(H,9,13). The molecule has 1 aliphatic heterocycles. The van der Waals surface area contributed by atoms with Gasteiger partial charge in [-0.05, 0) is 0 Å². The van der Waals surface area contributed by atoms with Crippen molar-refractivity contribution in [2.24, 2.45) is 0 Å². The van der Waals surface area contributed by atoms with E-state index in [-0.39, 0.29) is 6.03 Å². The van der Waals surface area contributed by atoms with E-state index in [9.17, 15) is 4.79 Å². The first kappa shape index (κ1) is 8.10. The van der Waals surface area contributed by atoms with Gasteiger partial charge in [0.25, 0.3) is 0 Å². The molecule has 0 spiro atoms. The van der Waals surface area contributed by atoms with Gasteiger partial charge in [-0.2, -0.15) is 0 Å². The van der Waals surface area contributed by atoms with Gasteiger partial charge < -0.3 is 14.8 Å². The number of fused-ring (bicyclic) bond motifs is 1. The predicted molar refractivity (Wildman–Crippen MR) is 47.1 cm³/mol. The van der Waals surface area contributed by atoms with Gasteiger partial charge in [0, 0.05) is 26.3 Å². The molecule has 2 rings (SSSR count). The summed E-state index contributed by atoms with van der Waals surface area (Å²) < 4.78 is 2.07. The van der Waals surface area contributed by atoms with Crippen LogP contribution in [0.1, 0.15) is 5.69 Å². The third kappa shape index (κ3) is 1.37. The summed E-state index contributed by atoms with van der Waals surface area (Å²) in [5.41, 5.74) is 1.09. The molecule has 1 N–H and O–H groups in total. The van der Waals surface area contributed by atoms with Crippen LogP contribution in [0.3, 0.4) is 0 Å². The van der Waals surface area contributed by atoms with Crippen molar-refractivity contribution in [2.75, 3.05) is 13.6 Å². The van der Waals surface area contributed by atoms with E-state index < -0.39 is 0 Å². The molecule has 0 fully saturated rings. The van der Waals surface area contributed by atoms with E-state index >= 15 is 0 Å². The van der Waals surface area contributed by atoms with E-state index in [2.05, 4.69) is 14.9 Å². The molecule has 0 bridgehead atoms. The molecule has 0 saturated heterocycles. The molecule has 1 aliphatic rings. The molecule has 13 heavy (non-hydrogen) atoms. The lowest BCUT2D eigenvalue weighted by atomic mass is 10.3. The molecule has 70 valence electrons. The van der Waals surface area contributed by atoms with Crippen molar-refractivity contribution in [3.8, 4) is 0 Å². The number of carbonyl (C=O) groups is 1. The Morgan fingerprint density at radius 1 is 1.62 bits per heavy atom. The van der Waals surface area contributed by atoms with Gasteiger partial charge in [-0.1, -0.05) is 0 Å². The van der Waals surface area contributed by atoms with E-state index in [4.69, 9.17) is 0 Å². The van der Waals surface area contributed by atoms with E-state index in [1.54, 1.807) is 24.5 Å². The first-order chi connectivity index (χ1) is 6.31. The number of amides is 2. The zero-order valence-corrected chi connectivity index (χ0v) is 7.53. The Balaban J connectivity index is 2.13. The molecule has 0 aromatic carbocycles. The maximum Gasteiger partial charge on any atom is 0.317 e. The first-order valence-corrected chi connectivity index (χ1v) is 4.27. The highest BCUT2D eigenvalue weighted by molar-refractivity contribution is 5.73. The van der Waals surface area contributed by atoms with E-state index in [1.807, 2.05) is 0 Å². The largest absolute Gasteiger partial charge is 0.341 e. The molecule has 2 heterocycles. The van der Waals surface area contributed by atoms with E-state index in [0.717, 1.165) is 18.8 Å². The lowest BCUT2D eigenvalue weighted by Gasteiger charge is -2.27. The average Bonchev–Trinajstić information content (AvgIpc) is 2.63. The van der Waals surface area contributed by atoms with Crippen LogP contribution >= 0.6 is 0 Å². The summed E-state index contributed by atoms with van der Waals surface area (Å²) in [5.74, 6) is 0. The van der Waals surface area contributed by atoms with Crippen molar-refractivity contribution in [3.05, 3.63) is 18.2 Å². The number of carbonyl (C=O) groups excluding carboxylic acids is 1. The highest BCUT2D eigenvalue weighted by Gasteiger charge is 2.18. The van der Waals surface area contributed by atoms with Gasteiger partial charge in [0.2, 0.25) is 0 Å². The van der Waals surface area contributed by atoms with Crippen LogP contribution < -0.4 is 5.32 Å². The molecule has 0 radical (unpaired) electrons. The topological polar surface area (TPSA) is 50.2 Å². The highest BCUT2D eigenvalue weighted by Crippen LogP contribution is 2.10. The summed E-state index contributed by atoms with van der Waals surface area (Å²) in [6.45, 7) is 2.24. The van der Waals surface area contributed by atoms with Crippen molar-refractivity contribution < 1.29 is 4.79 Å². The summed E-state index contributed by atoms with van der Waals surface area (Å²) in [6, 6.07) is -0.0209. The second-order valence-corrected chi connectivity index (χ2v) is 3.06. The van der Waals surface area contributed by atoms with Crippen LogP contribution in [0.5, 0.6) is 0 Å². The highest BCUT2D eigenvalue weighted by atomic mass is 16.2. The van der Waals surface area contributed by atoms with Crippen LogP contribution in [0.25, 0.3) is 0 Å². The fraction of sp³-hybridized carbons (Fsp3) is 0.500. The monoisotopic (exact) mass is 180 g/mol. The van der Waals surface area contributed by atoms with Gasteiger partial charge in [-0.15, -0.1) is 0 Å². The molecule has 5 nitrogen and oxygen atoms in total. The quantitative estimate of drug-likeness (QED) is 0.612. The summed E-state index contributed by atoms with van der Waals surface area (Å²) in [7, 11) is 1.65. The number of urea groups is 1. The number of nitrogens with zero attached hydrogens (tertiary/aromatic N) is 3. The molecule has 0 atom stereocenters. The Morgan fingerprint density at radius 2 is 2.46 bits per heavy atom. The fourth-order valence-corrected chi connectivity index (χ4v) is 1.52. The molecule has 1 aromatic rings. The SMILES string of the molecule is CNC(=O)N1CCn2cncc2C1. The zero-order chi connectivity index (χ0) is 9.26. The van der Waals surface area contributed by atoms with Crippen LogP contribution in [0.4, 0.5) is 4.79 Å². The average molecular weight is 180 g/mol. The van der Waals surface area contributed by atoms with Gasteiger partial charge in [0.1, 0.15) is 0 Å². The summed E-state index contributed by atoms with van der Waals surface area (Å²) in [4.78, 5) is 17.1. The molecule has 0 unspecified atom stereocenters. The molecule has 0 aliphatic carbocycles.